The van der Waals surface area contributed by atoms with Gasteiger partial charge in [-0.05, 0) is 55.0 Å². The zero-order chi connectivity index (χ0) is 18.7. The smallest absolute Gasteiger partial charge is 0.253 e. The van der Waals surface area contributed by atoms with Gasteiger partial charge in [-0.25, -0.2) is 0 Å². The van der Waals surface area contributed by atoms with Crippen molar-refractivity contribution >= 4 is 17.3 Å². The standard InChI is InChI=1S/C22H29N3O/c1-5-25(4)20-9-7-6-8-17(20)14-24-22(26)19-13-15(2)12-18-16(3)10-11-23-21(18)19/h6-9,12-13,16,23H,5,10-11,14H2,1-4H3,(H,24,26). The van der Waals surface area contributed by atoms with Crippen LogP contribution in [0, 0.1) is 6.92 Å². The molecule has 2 aromatic rings. The molecule has 0 fully saturated rings. The summed E-state index contributed by atoms with van der Waals surface area (Å²) in [6, 6.07) is 12.4. The largest absolute Gasteiger partial charge is 0.384 e. The number of nitrogens with one attached hydrogen (secondary N) is 2. The highest BCUT2D eigenvalue weighted by Crippen LogP contribution is 2.35. The van der Waals surface area contributed by atoms with Crippen LogP contribution in [-0.2, 0) is 6.54 Å². The van der Waals surface area contributed by atoms with Crippen molar-refractivity contribution in [2.45, 2.75) is 39.7 Å². The van der Waals surface area contributed by atoms with Gasteiger partial charge in [-0.1, -0.05) is 31.2 Å². The van der Waals surface area contributed by atoms with E-state index < -0.39 is 0 Å². The van der Waals surface area contributed by atoms with Crippen LogP contribution in [0.5, 0.6) is 0 Å². The van der Waals surface area contributed by atoms with E-state index in [2.05, 4.69) is 61.6 Å². The van der Waals surface area contributed by atoms with Gasteiger partial charge in [0.1, 0.15) is 0 Å². The molecule has 4 nitrogen and oxygen atoms in total. The molecule has 1 aliphatic heterocycles. The van der Waals surface area contributed by atoms with Crippen molar-refractivity contribution < 1.29 is 4.79 Å². The highest BCUT2D eigenvalue weighted by molar-refractivity contribution is 6.00. The van der Waals surface area contributed by atoms with Crippen molar-refractivity contribution in [2.75, 3.05) is 30.4 Å². The molecule has 2 N–H and O–H groups in total. The Balaban J connectivity index is 1.82. The summed E-state index contributed by atoms with van der Waals surface area (Å²) in [4.78, 5) is 15.1. The molecule has 3 rings (SSSR count). The van der Waals surface area contributed by atoms with E-state index >= 15 is 0 Å². The Hall–Kier alpha value is -2.49. The number of carbonyl (C=O) groups excluding carboxylic acids is 1. The van der Waals surface area contributed by atoms with Crippen LogP contribution in [0.15, 0.2) is 36.4 Å². The zero-order valence-corrected chi connectivity index (χ0v) is 16.2. The quantitative estimate of drug-likeness (QED) is 0.844. The number of amides is 1. The Kier molecular flexibility index (Phi) is 5.50. The average Bonchev–Trinajstić information content (AvgIpc) is 2.66. The molecular formula is C22H29N3O. The highest BCUT2D eigenvalue weighted by atomic mass is 16.1. The summed E-state index contributed by atoms with van der Waals surface area (Å²) in [6.45, 7) is 8.79. The summed E-state index contributed by atoms with van der Waals surface area (Å²) >= 11 is 0. The first kappa shape index (κ1) is 18.3. The lowest BCUT2D eigenvalue weighted by atomic mass is 9.89. The zero-order valence-electron chi connectivity index (χ0n) is 16.2. The van der Waals surface area contributed by atoms with E-state index in [-0.39, 0.29) is 5.91 Å². The van der Waals surface area contributed by atoms with Crippen molar-refractivity contribution in [3.05, 3.63) is 58.7 Å². The molecule has 1 aliphatic rings. The monoisotopic (exact) mass is 351 g/mol. The predicted octanol–water partition coefficient (Wildman–Crippen LogP) is 4.30. The Morgan fingerprint density at radius 2 is 2.08 bits per heavy atom. The first-order valence-corrected chi connectivity index (χ1v) is 9.47. The summed E-state index contributed by atoms with van der Waals surface area (Å²) in [5.74, 6) is 0.470. The minimum atomic E-state index is -0.0134. The van der Waals surface area contributed by atoms with E-state index in [4.69, 9.17) is 0 Å². The van der Waals surface area contributed by atoms with E-state index in [0.29, 0.717) is 12.5 Å². The van der Waals surface area contributed by atoms with Crippen molar-refractivity contribution in [2.24, 2.45) is 0 Å². The number of anilines is 2. The fraction of sp³-hybridized carbons (Fsp3) is 0.409. The Bertz CT molecular complexity index is 800. The molecule has 0 saturated heterocycles. The number of nitrogens with zero attached hydrogens (tertiary/aromatic N) is 1. The van der Waals surface area contributed by atoms with E-state index in [0.717, 1.165) is 47.6 Å². The van der Waals surface area contributed by atoms with Crippen LogP contribution < -0.4 is 15.5 Å². The van der Waals surface area contributed by atoms with Crippen LogP contribution in [0.1, 0.15) is 53.2 Å². The maximum atomic E-state index is 12.9. The van der Waals surface area contributed by atoms with Gasteiger partial charge in [0, 0.05) is 32.4 Å². The Labute approximate surface area is 156 Å². The minimum Gasteiger partial charge on any atom is -0.384 e. The van der Waals surface area contributed by atoms with Crippen LogP contribution in [0.25, 0.3) is 0 Å². The molecule has 0 aromatic heterocycles. The second-order valence-corrected chi connectivity index (χ2v) is 7.22. The molecule has 0 spiro atoms. The topological polar surface area (TPSA) is 44.4 Å². The fourth-order valence-corrected chi connectivity index (χ4v) is 3.62. The number of para-hydroxylation sites is 1. The lowest BCUT2D eigenvalue weighted by Crippen LogP contribution is -2.27. The van der Waals surface area contributed by atoms with Crippen LogP contribution in [0.3, 0.4) is 0 Å². The maximum absolute atomic E-state index is 12.9. The van der Waals surface area contributed by atoms with Gasteiger partial charge in [-0.15, -0.1) is 0 Å². The molecule has 1 amide bonds. The highest BCUT2D eigenvalue weighted by Gasteiger charge is 2.22. The first-order chi connectivity index (χ1) is 12.5. The van der Waals surface area contributed by atoms with Crippen LogP contribution in [-0.4, -0.2) is 26.0 Å². The number of fused-ring (bicyclic) bond motifs is 1. The molecule has 0 saturated carbocycles. The van der Waals surface area contributed by atoms with Gasteiger partial charge in [-0.2, -0.15) is 0 Å². The van der Waals surface area contributed by atoms with E-state index in [1.54, 1.807) is 0 Å². The number of carbonyl (C=O) groups is 1. The predicted molar refractivity (Wildman–Crippen MR) is 109 cm³/mol. The molecule has 1 atom stereocenters. The Morgan fingerprint density at radius 3 is 2.85 bits per heavy atom. The van der Waals surface area contributed by atoms with Gasteiger partial charge >= 0.3 is 0 Å². The SMILES string of the molecule is CCN(C)c1ccccc1CNC(=O)c1cc(C)cc2c1NCCC2C. The normalized spacial score (nSPS) is 15.8. The number of rotatable bonds is 5. The second-order valence-electron chi connectivity index (χ2n) is 7.22. The number of hydrogen-bond acceptors (Lipinski definition) is 3. The average molecular weight is 351 g/mol. The van der Waals surface area contributed by atoms with Gasteiger partial charge in [0.05, 0.1) is 11.3 Å². The van der Waals surface area contributed by atoms with E-state index in [1.165, 1.54) is 5.56 Å². The lowest BCUT2D eigenvalue weighted by Gasteiger charge is -2.27. The number of benzene rings is 2. The summed E-state index contributed by atoms with van der Waals surface area (Å²) in [5, 5.41) is 6.56. The molecule has 0 bridgehead atoms. The fourth-order valence-electron chi connectivity index (χ4n) is 3.62. The third kappa shape index (κ3) is 3.69. The van der Waals surface area contributed by atoms with E-state index in [1.807, 2.05) is 18.2 Å². The molecule has 0 radical (unpaired) electrons. The third-order valence-electron chi connectivity index (χ3n) is 5.28. The van der Waals surface area contributed by atoms with Crippen LogP contribution in [0.4, 0.5) is 11.4 Å². The van der Waals surface area contributed by atoms with Crippen molar-refractivity contribution in [1.82, 2.24) is 5.32 Å². The summed E-state index contributed by atoms with van der Waals surface area (Å²) in [7, 11) is 2.07. The van der Waals surface area contributed by atoms with Gasteiger partial charge in [0.15, 0.2) is 0 Å². The summed E-state index contributed by atoms with van der Waals surface area (Å²) in [5.41, 5.74) is 6.45. The van der Waals surface area contributed by atoms with Gasteiger partial charge in [0.2, 0.25) is 0 Å². The number of aryl methyl sites for hydroxylation is 1. The molecular weight excluding hydrogens is 322 g/mol. The molecule has 1 heterocycles. The first-order valence-electron chi connectivity index (χ1n) is 9.47. The summed E-state index contributed by atoms with van der Waals surface area (Å²) in [6.07, 6.45) is 1.11. The maximum Gasteiger partial charge on any atom is 0.253 e. The Morgan fingerprint density at radius 1 is 1.31 bits per heavy atom. The van der Waals surface area contributed by atoms with Crippen molar-refractivity contribution in [1.29, 1.82) is 0 Å². The van der Waals surface area contributed by atoms with Gasteiger partial charge in [0.25, 0.3) is 5.91 Å². The van der Waals surface area contributed by atoms with Crippen molar-refractivity contribution in [3.63, 3.8) is 0 Å². The lowest BCUT2D eigenvalue weighted by molar-refractivity contribution is 0.0951. The molecule has 0 aliphatic carbocycles. The molecule has 2 aromatic carbocycles. The molecule has 4 heteroatoms. The van der Waals surface area contributed by atoms with Gasteiger partial charge < -0.3 is 15.5 Å². The van der Waals surface area contributed by atoms with Gasteiger partial charge in [-0.3, -0.25) is 4.79 Å². The second kappa shape index (κ2) is 7.81. The molecule has 1 unspecified atom stereocenters. The van der Waals surface area contributed by atoms with Crippen LogP contribution in [0.2, 0.25) is 0 Å². The van der Waals surface area contributed by atoms with Crippen molar-refractivity contribution in [3.8, 4) is 0 Å². The third-order valence-corrected chi connectivity index (χ3v) is 5.28. The molecule has 138 valence electrons. The van der Waals surface area contributed by atoms with Crippen LogP contribution >= 0.6 is 0 Å². The number of hydrogen-bond donors (Lipinski definition) is 2. The van der Waals surface area contributed by atoms with E-state index in [9.17, 15) is 4.79 Å². The summed E-state index contributed by atoms with van der Waals surface area (Å²) < 4.78 is 0. The molecule has 26 heavy (non-hydrogen) atoms. The minimum absolute atomic E-state index is 0.0134.